The van der Waals surface area contributed by atoms with Crippen LogP contribution in [0.3, 0.4) is 0 Å². The molecule has 5 rings (SSSR count). The molecule has 0 saturated carbocycles. The van der Waals surface area contributed by atoms with Crippen molar-refractivity contribution in [3.05, 3.63) is 71.8 Å². The minimum atomic E-state index is -0.496. The van der Waals surface area contributed by atoms with Gasteiger partial charge in [-0.05, 0) is 5.56 Å². The molecule has 0 amide bonds. The number of rotatable bonds is 4. The highest BCUT2D eigenvalue weighted by Crippen LogP contribution is 2.38. The molecular weight excluding hydrogens is 358 g/mol. The predicted octanol–water partition coefficient (Wildman–Crippen LogP) is 3.23. The average Bonchev–Trinajstić information content (AvgIpc) is 3.15. The van der Waals surface area contributed by atoms with Crippen LogP contribution in [0.1, 0.15) is 24.3 Å². The molecule has 6 heteroatoms. The van der Waals surface area contributed by atoms with Crippen LogP contribution in [0, 0.1) is 0 Å². The Labute approximate surface area is 164 Å². The van der Waals surface area contributed by atoms with Crippen molar-refractivity contribution in [3.63, 3.8) is 0 Å². The van der Waals surface area contributed by atoms with Gasteiger partial charge in [-0.25, -0.2) is 4.99 Å². The number of nitrogens with zero attached hydrogens (tertiary/aromatic N) is 1. The molecule has 3 aliphatic rings. The van der Waals surface area contributed by atoms with Crippen molar-refractivity contribution in [2.24, 2.45) is 4.99 Å². The molecule has 3 heterocycles. The number of ether oxygens (including phenoxy) is 5. The monoisotopic (exact) mass is 381 g/mol. The van der Waals surface area contributed by atoms with E-state index in [4.69, 9.17) is 23.7 Å². The molecule has 6 nitrogen and oxygen atoms in total. The molecule has 0 aliphatic carbocycles. The van der Waals surface area contributed by atoms with Crippen LogP contribution < -0.4 is 0 Å². The number of aliphatic imine (C=N–C) groups is 1. The van der Waals surface area contributed by atoms with E-state index in [-0.39, 0.29) is 24.4 Å². The Morgan fingerprint density at radius 3 is 2.50 bits per heavy atom. The van der Waals surface area contributed by atoms with Crippen LogP contribution >= 0.6 is 0 Å². The third-order valence-electron chi connectivity index (χ3n) is 5.27. The maximum atomic E-state index is 6.25. The Morgan fingerprint density at radius 2 is 1.71 bits per heavy atom. The lowest BCUT2D eigenvalue weighted by Gasteiger charge is -2.45. The van der Waals surface area contributed by atoms with Crippen LogP contribution in [-0.4, -0.2) is 43.1 Å². The molecule has 28 heavy (non-hydrogen) atoms. The third kappa shape index (κ3) is 3.44. The van der Waals surface area contributed by atoms with Gasteiger partial charge in [0.2, 0.25) is 0 Å². The maximum Gasteiger partial charge on any atom is 0.184 e. The smallest absolute Gasteiger partial charge is 0.184 e. The summed E-state index contributed by atoms with van der Waals surface area (Å²) in [7, 11) is 0. The fourth-order valence-corrected chi connectivity index (χ4v) is 3.94. The Balaban J connectivity index is 1.31. The van der Waals surface area contributed by atoms with E-state index in [2.05, 4.69) is 4.99 Å². The van der Waals surface area contributed by atoms with E-state index < -0.39 is 12.6 Å². The standard InChI is InChI=1S/C22H23NO5/c1-14-23-18-20(26-14)19-17(13-25-21(28-19)16-10-6-3-7-11-16)27-22(18)24-12-15-8-4-2-5-9-15/h2-11,17-22H,12-13H2,1H3. The first-order chi connectivity index (χ1) is 13.8. The maximum absolute atomic E-state index is 6.25. The second-order valence-electron chi connectivity index (χ2n) is 7.24. The zero-order chi connectivity index (χ0) is 18.9. The lowest BCUT2D eigenvalue weighted by atomic mass is 9.96. The van der Waals surface area contributed by atoms with Crippen molar-refractivity contribution in [2.45, 2.75) is 50.5 Å². The first kappa shape index (κ1) is 17.8. The molecule has 6 unspecified atom stereocenters. The van der Waals surface area contributed by atoms with Crippen LogP contribution in [0.2, 0.25) is 0 Å². The summed E-state index contributed by atoms with van der Waals surface area (Å²) >= 11 is 0. The summed E-state index contributed by atoms with van der Waals surface area (Å²) in [6.07, 6.45) is -1.69. The lowest BCUT2D eigenvalue weighted by Crippen LogP contribution is -2.61. The van der Waals surface area contributed by atoms with E-state index in [0.29, 0.717) is 19.1 Å². The van der Waals surface area contributed by atoms with Gasteiger partial charge in [-0.2, -0.15) is 0 Å². The van der Waals surface area contributed by atoms with E-state index >= 15 is 0 Å². The third-order valence-corrected chi connectivity index (χ3v) is 5.27. The molecule has 0 radical (unpaired) electrons. The topological polar surface area (TPSA) is 58.5 Å². The lowest BCUT2D eigenvalue weighted by molar-refractivity contribution is -0.338. The summed E-state index contributed by atoms with van der Waals surface area (Å²) in [6.45, 7) is 2.73. The molecule has 3 aliphatic heterocycles. The van der Waals surface area contributed by atoms with Crippen LogP contribution in [0.25, 0.3) is 0 Å². The minimum Gasteiger partial charge on any atom is -0.473 e. The number of hydrogen-bond acceptors (Lipinski definition) is 6. The first-order valence-electron chi connectivity index (χ1n) is 9.62. The Morgan fingerprint density at radius 1 is 0.964 bits per heavy atom. The average molecular weight is 381 g/mol. The second-order valence-corrected chi connectivity index (χ2v) is 7.24. The molecule has 2 fully saturated rings. The minimum absolute atomic E-state index is 0.241. The van der Waals surface area contributed by atoms with E-state index in [1.165, 1.54) is 0 Å². The molecular formula is C22H23NO5. The Hall–Kier alpha value is -2.25. The first-order valence-corrected chi connectivity index (χ1v) is 9.62. The highest BCUT2D eigenvalue weighted by molar-refractivity contribution is 5.75. The molecule has 2 saturated heterocycles. The van der Waals surface area contributed by atoms with Gasteiger partial charge in [0.25, 0.3) is 0 Å². The van der Waals surface area contributed by atoms with E-state index in [1.807, 2.05) is 67.6 Å². The zero-order valence-corrected chi connectivity index (χ0v) is 15.6. The van der Waals surface area contributed by atoms with Gasteiger partial charge in [-0.1, -0.05) is 60.7 Å². The molecule has 0 N–H and O–H groups in total. The summed E-state index contributed by atoms with van der Waals surface area (Å²) in [5, 5.41) is 0. The Bertz CT molecular complexity index is 827. The van der Waals surface area contributed by atoms with Gasteiger partial charge in [0, 0.05) is 12.5 Å². The summed E-state index contributed by atoms with van der Waals surface area (Å²) < 4.78 is 30.5. The quantitative estimate of drug-likeness (QED) is 0.814. The molecule has 2 aromatic rings. The summed E-state index contributed by atoms with van der Waals surface area (Å²) in [5.74, 6) is 0.638. The van der Waals surface area contributed by atoms with E-state index in [0.717, 1.165) is 11.1 Å². The Kier molecular flexibility index (Phi) is 4.86. The zero-order valence-electron chi connectivity index (χ0n) is 15.6. The second kappa shape index (κ2) is 7.64. The van der Waals surface area contributed by atoms with Crippen LogP contribution in [0.5, 0.6) is 0 Å². The number of fused-ring (bicyclic) bond motifs is 3. The van der Waals surface area contributed by atoms with Crippen molar-refractivity contribution in [2.75, 3.05) is 6.61 Å². The SMILES string of the molecule is CC1=NC2C(OCc3ccccc3)OC3COC(c4ccccc4)OC3C2O1. The number of hydrogen-bond donors (Lipinski definition) is 0. The normalized spacial score (nSPS) is 34.1. The molecule has 2 aromatic carbocycles. The summed E-state index contributed by atoms with van der Waals surface area (Å²) in [4.78, 5) is 4.62. The predicted molar refractivity (Wildman–Crippen MR) is 102 cm³/mol. The van der Waals surface area contributed by atoms with Gasteiger partial charge in [0.05, 0.1) is 13.2 Å². The van der Waals surface area contributed by atoms with Crippen LogP contribution in [0.4, 0.5) is 0 Å². The van der Waals surface area contributed by atoms with Crippen LogP contribution in [-0.2, 0) is 30.3 Å². The van der Waals surface area contributed by atoms with Crippen molar-refractivity contribution < 1.29 is 23.7 Å². The van der Waals surface area contributed by atoms with Gasteiger partial charge >= 0.3 is 0 Å². The van der Waals surface area contributed by atoms with Gasteiger partial charge in [-0.3, -0.25) is 0 Å². The highest BCUT2D eigenvalue weighted by atomic mass is 16.8. The molecule has 0 bridgehead atoms. The van der Waals surface area contributed by atoms with Gasteiger partial charge in [-0.15, -0.1) is 0 Å². The van der Waals surface area contributed by atoms with Crippen molar-refractivity contribution in [1.29, 1.82) is 0 Å². The van der Waals surface area contributed by atoms with Gasteiger partial charge < -0.3 is 23.7 Å². The number of benzene rings is 2. The molecule has 0 spiro atoms. The fraction of sp³-hybridized carbons (Fsp3) is 0.409. The van der Waals surface area contributed by atoms with Crippen molar-refractivity contribution in [1.82, 2.24) is 0 Å². The summed E-state index contributed by atoms with van der Waals surface area (Å²) in [6, 6.07) is 19.7. The molecule has 146 valence electrons. The van der Waals surface area contributed by atoms with Gasteiger partial charge in [0.15, 0.2) is 24.6 Å². The summed E-state index contributed by atoms with van der Waals surface area (Å²) in [5.41, 5.74) is 2.07. The van der Waals surface area contributed by atoms with Crippen molar-refractivity contribution in [3.8, 4) is 0 Å². The molecule has 6 atom stereocenters. The van der Waals surface area contributed by atoms with Gasteiger partial charge in [0.1, 0.15) is 18.2 Å². The van der Waals surface area contributed by atoms with E-state index in [9.17, 15) is 0 Å². The fourth-order valence-electron chi connectivity index (χ4n) is 3.94. The van der Waals surface area contributed by atoms with Crippen LogP contribution in [0.15, 0.2) is 65.7 Å². The molecule has 0 aromatic heterocycles. The highest BCUT2D eigenvalue weighted by Gasteiger charge is 2.54. The van der Waals surface area contributed by atoms with Crippen molar-refractivity contribution >= 4 is 5.90 Å². The largest absolute Gasteiger partial charge is 0.473 e. The van der Waals surface area contributed by atoms with E-state index in [1.54, 1.807) is 0 Å².